The van der Waals surface area contributed by atoms with Gasteiger partial charge in [-0.2, -0.15) is 18.3 Å². The fourth-order valence-electron chi connectivity index (χ4n) is 5.22. The van der Waals surface area contributed by atoms with Crippen molar-refractivity contribution < 1.29 is 32.3 Å². The van der Waals surface area contributed by atoms with Gasteiger partial charge in [0.25, 0.3) is 5.91 Å². The normalized spacial score (nSPS) is 22.7. The molecule has 3 aliphatic rings. The molecule has 1 spiro atoms. The lowest BCUT2D eigenvalue weighted by molar-refractivity contribution is -0.205. The number of halogens is 4. The van der Waals surface area contributed by atoms with E-state index in [0.717, 1.165) is 5.56 Å². The zero-order valence-electron chi connectivity index (χ0n) is 18.3. The molecule has 3 heterocycles. The highest BCUT2D eigenvalue weighted by Gasteiger charge is 2.71. The second kappa shape index (κ2) is 7.79. The molecule has 1 aromatic carbocycles. The van der Waals surface area contributed by atoms with Crippen molar-refractivity contribution in [1.82, 2.24) is 19.6 Å². The van der Waals surface area contributed by atoms with E-state index in [4.69, 9.17) is 0 Å². The van der Waals surface area contributed by atoms with Crippen LogP contribution in [0.1, 0.15) is 28.8 Å². The lowest BCUT2D eigenvalue weighted by Crippen LogP contribution is -2.64. The Morgan fingerprint density at radius 1 is 1.09 bits per heavy atom. The Hall–Kier alpha value is -2.95. The van der Waals surface area contributed by atoms with Gasteiger partial charge in [-0.05, 0) is 30.5 Å². The topological polar surface area (TPSA) is 78.7 Å². The van der Waals surface area contributed by atoms with Crippen LogP contribution in [0.3, 0.4) is 0 Å². The van der Waals surface area contributed by atoms with E-state index < -0.39 is 22.9 Å². The maximum absolute atomic E-state index is 13.3. The summed E-state index contributed by atoms with van der Waals surface area (Å²) < 4.78 is 54.6. The second-order valence-corrected chi connectivity index (χ2v) is 9.72. The molecule has 1 saturated carbocycles. The minimum absolute atomic E-state index is 0.0997. The van der Waals surface area contributed by atoms with Crippen LogP contribution in [0.2, 0.25) is 0 Å². The van der Waals surface area contributed by atoms with Crippen molar-refractivity contribution in [3.8, 4) is 0 Å². The van der Waals surface area contributed by atoms with Crippen LogP contribution < -0.4 is 0 Å². The summed E-state index contributed by atoms with van der Waals surface area (Å²) in [4.78, 5) is 28.4. The highest BCUT2D eigenvalue weighted by molar-refractivity contribution is 5.94. The predicted octanol–water partition coefficient (Wildman–Crippen LogP) is 2.31. The molecule has 2 aromatic rings. The molecule has 1 aromatic heterocycles. The van der Waals surface area contributed by atoms with E-state index in [9.17, 15) is 32.3 Å². The zero-order chi connectivity index (χ0) is 24.3. The standard InChI is InChI=1S/C23H24F4N4O3/c24-18-3-1-15(2-4-18)8-31-9-16(7-28-31)19(33)29-10-17(11-32)21(12-29)13-30(14-21)20(34)22(5-6-22)23(25,26)27/h1-4,7,9,17,32H,5-6,8,10-14H2/t17-/m0/s1. The van der Waals surface area contributed by atoms with Gasteiger partial charge in [0.2, 0.25) is 5.91 Å². The summed E-state index contributed by atoms with van der Waals surface area (Å²) in [5, 5.41) is 14.1. The summed E-state index contributed by atoms with van der Waals surface area (Å²) in [6.45, 7) is 0.841. The first-order valence-corrected chi connectivity index (χ1v) is 11.1. The number of rotatable bonds is 5. The summed E-state index contributed by atoms with van der Waals surface area (Å²) in [5.41, 5.74) is -1.70. The summed E-state index contributed by atoms with van der Waals surface area (Å²) in [6.07, 6.45) is -1.92. The van der Waals surface area contributed by atoms with Crippen LogP contribution >= 0.6 is 0 Å². The maximum Gasteiger partial charge on any atom is 0.403 e. The minimum atomic E-state index is -4.56. The van der Waals surface area contributed by atoms with E-state index in [1.807, 2.05) is 0 Å². The number of carbonyl (C=O) groups is 2. The Kier molecular flexibility index (Phi) is 5.23. The lowest BCUT2D eigenvalue weighted by Gasteiger charge is -2.51. The number of nitrogens with zero attached hydrogens (tertiary/aromatic N) is 4. The van der Waals surface area contributed by atoms with Crippen LogP contribution in [0, 0.1) is 22.6 Å². The molecule has 0 radical (unpaired) electrons. The first kappa shape index (κ1) is 22.8. The number of aromatic nitrogens is 2. The molecular weight excluding hydrogens is 456 g/mol. The number of alkyl halides is 3. The Morgan fingerprint density at radius 2 is 1.74 bits per heavy atom. The SMILES string of the molecule is O=C(c1cnn(Cc2ccc(F)cc2)c1)N1C[C@@H](CO)C2(C1)CN(C(=O)C1(C(F)(F)F)CC1)C2. The number of amides is 2. The minimum Gasteiger partial charge on any atom is -0.396 e. The van der Waals surface area contributed by atoms with Gasteiger partial charge < -0.3 is 14.9 Å². The van der Waals surface area contributed by atoms with Gasteiger partial charge in [-0.3, -0.25) is 14.3 Å². The largest absolute Gasteiger partial charge is 0.403 e. The maximum atomic E-state index is 13.3. The third kappa shape index (κ3) is 3.66. The molecule has 3 fully saturated rings. The van der Waals surface area contributed by atoms with E-state index in [1.54, 1.807) is 27.9 Å². The monoisotopic (exact) mass is 480 g/mol. The molecule has 2 saturated heterocycles. The number of likely N-dealkylation sites (tertiary alicyclic amines) is 2. The van der Waals surface area contributed by atoms with Crippen LogP contribution in [0.4, 0.5) is 17.6 Å². The molecule has 1 atom stereocenters. The van der Waals surface area contributed by atoms with Crippen molar-refractivity contribution in [2.24, 2.45) is 16.7 Å². The van der Waals surface area contributed by atoms with Gasteiger partial charge in [-0.15, -0.1) is 0 Å². The van der Waals surface area contributed by atoms with Gasteiger partial charge in [-0.1, -0.05) is 12.1 Å². The van der Waals surface area contributed by atoms with E-state index in [-0.39, 0.29) is 63.3 Å². The van der Waals surface area contributed by atoms with Gasteiger partial charge >= 0.3 is 6.18 Å². The van der Waals surface area contributed by atoms with Gasteiger partial charge in [0.15, 0.2) is 0 Å². The molecular formula is C23H24F4N4O3. The summed E-state index contributed by atoms with van der Waals surface area (Å²) in [6, 6.07) is 5.94. The summed E-state index contributed by atoms with van der Waals surface area (Å²) in [7, 11) is 0. The van der Waals surface area contributed by atoms with Crippen molar-refractivity contribution in [3.63, 3.8) is 0 Å². The highest BCUT2D eigenvalue weighted by Crippen LogP contribution is 2.60. The van der Waals surface area contributed by atoms with Crippen LogP contribution in [0.5, 0.6) is 0 Å². The molecule has 5 rings (SSSR count). The van der Waals surface area contributed by atoms with Crippen molar-refractivity contribution in [1.29, 1.82) is 0 Å². The molecule has 2 amide bonds. The Morgan fingerprint density at radius 3 is 2.32 bits per heavy atom. The predicted molar refractivity (Wildman–Crippen MR) is 111 cm³/mol. The van der Waals surface area contributed by atoms with Crippen molar-refractivity contribution in [2.45, 2.75) is 25.6 Å². The van der Waals surface area contributed by atoms with E-state index in [1.165, 1.54) is 23.2 Å². The molecule has 0 unspecified atom stereocenters. The average Bonchev–Trinajstić information content (AvgIpc) is 3.32. The molecule has 0 bridgehead atoms. The first-order chi connectivity index (χ1) is 16.1. The van der Waals surface area contributed by atoms with Crippen LogP contribution in [0.25, 0.3) is 0 Å². The Labute approximate surface area is 192 Å². The number of hydrogen-bond acceptors (Lipinski definition) is 4. The number of carbonyl (C=O) groups excluding carboxylic acids is 2. The number of aliphatic hydroxyl groups excluding tert-OH is 1. The van der Waals surface area contributed by atoms with E-state index in [0.29, 0.717) is 12.1 Å². The fraction of sp³-hybridized carbons (Fsp3) is 0.522. The first-order valence-electron chi connectivity index (χ1n) is 11.1. The van der Waals surface area contributed by atoms with Crippen LogP contribution in [-0.4, -0.2) is 75.5 Å². The van der Waals surface area contributed by atoms with Crippen molar-refractivity contribution in [3.05, 3.63) is 53.6 Å². The molecule has 2 aliphatic heterocycles. The second-order valence-electron chi connectivity index (χ2n) is 9.72. The molecule has 11 heteroatoms. The summed E-state index contributed by atoms with van der Waals surface area (Å²) in [5.74, 6) is -1.85. The fourth-order valence-corrected chi connectivity index (χ4v) is 5.22. The molecule has 1 N–H and O–H groups in total. The molecule has 182 valence electrons. The molecule has 1 aliphatic carbocycles. The van der Waals surface area contributed by atoms with Gasteiger partial charge in [0.05, 0.1) is 18.3 Å². The van der Waals surface area contributed by atoms with E-state index >= 15 is 0 Å². The number of benzene rings is 1. The average molecular weight is 480 g/mol. The third-order valence-electron chi connectivity index (χ3n) is 7.46. The number of aliphatic hydroxyl groups is 1. The number of hydrogen-bond donors (Lipinski definition) is 1. The smallest absolute Gasteiger partial charge is 0.396 e. The Balaban J connectivity index is 1.24. The van der Waals surface area contributed by atoms with Crippen molar-refractivity contribution in [2.75, 3.05) is 32.8 Å². The van der Waals surface area contributed by atoms with Crippen molar-refractivity contribution >= 4 is 11.8 Å². The van der Waals surface area contributed by atoms with Gasteiger partial charge in [0, 0.05) is 50.3 Å². The summed E-state index contributed by atoms with van der Waals surface area (Å²) >= 11 is 0. The lowest BCUT2D eigenvalue weighted by atomic mass is 9.71. The van der Waals surface area contributed by atoms with E-state index in [2.05, 4.69) is 5.10 Å². The van der Waals surface area contributed by atoms with Gasteiger partial charge in [-0.25, -0.2) is 4.39 Å². The van der Waals surface area contributed by atoms with Crippen LogP contribution in [-0.2, 0) is 11.3 Å². The van der Waals surface area contributed by atoms with Gasteiger partial charge in [0.1, 0.15) is 11.2 Å². The Bertz CT molecular complexity index is 1100. The zero-order valence-corrected chi connectivity index (χ0v) is 18.3. The molecule has 34 heavy (non-hydrogen) atoms. The quantitative estimate of drug-likeness (QED) is 0.667. The van der Waals surface area contributed by atoms with Crippen LogP contribution in [0.15, 0.2) is 36.7 Å². The highest BCUT2D eigenvalue weighted by atomic mass is 19.4. The molecule has 7 nitrogen and oxygen atoms in total. The third-order valence-corrected chi connectivity index (χ3v) is 7.46.